The smallest absolute Gasteiger partial charge is 0.353 e. The summed E-state index contributed by atoms with van der Waals surface area (Å²) in [7, 11) is 1.92. The summed E-state index contributed by atoms with van der Waals surface area (Å²) in [5.41, 5.74) is 0.489. The molecule has 1 N–H and O–H groups in total. The van der Waals surface area contributed by atoms with Crippen LogP contribution in [0.15, 0.2) is 30.3 Å². The van der Waals surface area contributed by atoms with Crippen molar-refractivity contribution in [2.24, 2.45) is 7.05 Å². The van der Waals surface area contributed by atoms with Gasteiger partial charge >= 0.3 is 12.2 Å². The maximum atomic E-state index is 12.8. The van der Waals surface area contributed by atoms with Gasteiger partial charge in [-0.05, 0) is 31.0 Å². The molecule has 1 aliphatic carbocycles. The van der Waals surface area contributed by atoms with Crippen LogP contribution in [0.4, 0.5) is 29.5 Å². The summed E-state index contributed by atoms with van der Waals surface area (Å²) in [5, 5.41) is 7.14. The van der Waals surface area contributed by atoms with Gasteiger partial charge in [0.1, 0.15) is 5.82 Å². The molecule has 6 nitrogen and oxygen atoms in total. The lowest BCUT2D eigenvalue weighted by atomic mass is 10.2. The van der Waals surface area contributed by atoms with Gasteiger partial charge in [-0.15, -0.1) is 0 Å². The average Bonchev–Trinajstić information content (AvgIpc) is 3.44. The van der Waals surface area contributed by atoms with Crippen LogP contribution in [0.5, 0.6) is 0 Å². The number of nitrogens with one attached hydrogen (secondary N) is 1. The van der Waals surface area contributed by atoms with Crippen LogP contribution < -0.4 is 10.2 Å². The number of aryl methyl sites for hydroxylation is 1. The highest BCUT2D eigenvalue weighted by Gasteiger charge is 2.31. The van der Waals surface area contributed by atoms with E-state index in [9.17, 15) is 18.0 Å². The summed E-state index contributed by atoms with van der Waals surface area (Å²) >= 11 is 0. The Hall–Kier alpha value is -2.71. The van der Waals surface area contributed by atoms with Crippen LogP contribution in [-0.2, 0) is 13.2 Å². The Balaban J connectivity index is 1.35. The zero-order valence-electron chi connectivity index (χ0n) is 15.5. The number of rotatable bonds is 3. The van der Waals surface area contributed by atoms with E-state index in [0.717, 1.165) is 23.6 Å². The number of carbonyl (C=O) groups excluding carboxylic acids is 1. The predicted molar refractivity (Wildman–Crippen MR) is 99.4 cm³/mol. The van der Waals surface area contributed by atoms with Crippen LogP contribution in [0.25, 0.3) is 0 Å². The number of hydrogen-bond acceptors (Lipinski definition) is 3. The van der Waals surface area contributed by atoms with Crippen LogP contribution in [0.3, 0.4) is 0 Å². The topological polar surface area (TPSA) is 53.4 Å². The monoisotopic (exact) mass is 393 g/mol. The molecule has 2 fully saturated rings. The highest BCUT2D eigenvalue weighted by molar-refractivity contribution is 5.89. The maximum Gasteiger partial charge on any atom is 0.416 e. The molecule has 2 amide bonds. The second-order valence-corrected chi connectivity index (χ2v) is 7.31. The number of piperazine rings is 1. The van der Waals surface area contributed by atoms with Crippen LogP contribution in [0.1, 0.15) is 30.0 Å². The van der Waals surface area contributed by atoms with Gasteiger partial charge in [-0.1, -0.05) is 6.07 Å². The number of aromatic nitrogens is 2. The number of nitrogens with zero attached hydrogens (tertiary/aromatic N) is 4. The third kappa shape index (κ3) is 3.93. The Morgan fingerprint density at radius 1 is 1.14 bits per heavy atom. The highest BCUT2D eigenvalue weighted by atomic mass is 19.4. The van der Waals surface area contributed by atoms with Crippen molar-refractivity contribution in [3.63, 3.8) is 0 Å². The maximum absolute atomic E-state index is 12.8. The third-order valence-electron chi connectivity index (χ3n) is 5.20. The predicted octanol–water partition coefficient (Wildman–Crippen LogP) is 3.67. The molecule has 0 bridgehead atoms. The molecule has 1 saturated carbocycles. The van der Waals surface area contributed by atoms with Crippen LogP contribution in [-0.4, -0.2) is 46.9 Å². The standard InChI is InChI=1S/C19H22F3N5O/c1-25-17(12-16(24-25)13-5-6-13)26-7-9-27(10-8-26)18(28)23-15-4-2-3-14(11-15)19(20,21)22/h2-4,11-13H,5-10H2,1H3,(H,23,28). The van der Waals surface area contributed by atoms with Crippen molar-refractivity contribution in [3.05, 3.63) is 41.6 Å². The molecule has 150 valence electrons. The number of hydrogen-bond donors (Lipinski definition) is 1. The number of benzene rings is 1. The lowest BCUT2D eigenvalue weighted by molar-refractivity contribution is -0.137. The first-order valence-corrected chi connectivity index (χ1v) is 9.33. The zero-order chi connectivity index (χ0) is 19.9. The van der Waals surface area contributed by atoms with Gasteiger partial charge in [0.05, 0.1) is 11.3 Å². The van der Waals surface area contributed by atoms with Gasteiger partial charge in [-0.3, -0.25) is 4.68 Å². The molecule has 2 aliphatic rings. The van der Waals surface area contributed by atoms with Crippen molar-refractivity contribution < 1.29 is 18.0 Å². The molecular weight excluding hydrogens is 371 g/mol. The quantitative estimate of drug-likeness (QED) is 0.866. The summed E-state index contributed by atoms with van der Waals surface area (Å²) in [6.07, 6.45) is -2.05. The van der Waals surface area contributed by atoms with Gasteiger partial charge in [0.25, 0.3) is 0 Å². The van der Waals surface area contributed by atoms with Gasteiger partial charge < -0.3 is 15.1 Å². The normalized spacial score (nSPS) is 17.7. The minimum atomic E-state index is -4.44. The Bertz CT molecular complexity index is 867. The number of amides is 2. The van der Waals surface area contributed by atoms with Crippen molar-refractivity contribution in [1.82, 2.24) is 14.7 Å². The molecule has 2 aromatic rings. The van der Waals surface area contributed by atoms with E-state index in [4.69, 9.17) is 0 Å². The van der Waals surface area contributed by atoms with Crippen LogP contribution >= 0.6 is 0 Å². The molecule has 1 aromatic heterocycles. The lowest BCUT2D eigenvalue weighted by Gasteiger charge is -2.35. The van der Waals surface area contributed by atoms with E-state index < -0.39 is 11.7 Å². The molecule has 9 heteroatoms. The van der Waals surface area contributed by atoms with E-state index in [1.807, 2.05) is 11.7 Å². The zero-order valence-corrected chi connectivity index (χ0v) is 15.5. The molecule has 4 rings (SSSR count). The Morgan fingerprint density at radius 2 is 1.86 bits per heavy atom. The van der Waals surface area contributed by atoms with E-state index >= 15 is 0 Å². The van der Waals surface area contributed by atoms with E-state index in [1.165, 1.54) is 25.0 Å². The lowest BCUT2D eigenvalue weighted by Crippen LogP contribution is -2.50. The summed E-state index contributed by atoms with van der Waals surface area (Å²) < 4.78 is 40.3. The third-order valence-corrected chi connectivity index (χ3v) is 5.20. The van der Waals surface area contributed by atoms with Crippen molar-refractivity contribution >= 4 is 17.5 Å². The van der Waals surface area contributed by atoms with Gasteiger partial charge in [0.2, 0.25) is 0 Å². The Labute approximate surface area is 160 Å². The average molecular weight is 393 g/mol. The van der Waals surface area contributed by atoms with E-state index in [2.05, 4.69) is 21.4 Å². The highest BCUT2D eigenvalue weighted by Crippen LogP contribution is 2.40. The van der Waals surface area contributed by atoms with Gasteiger partial charge in [0, 0.05) is 50.9 Å². The first kappa shape index (κ1) is 18.6. The van der Waals surface area contributed by atoms with Crippen molar-refractivity contribution in [3.8, 4) is 0 Å². The fourth-order valence-electron chi connectivity index (χ4n) is 3.47. The van der Waals surface area contributed by atoms with Crippen molar-refractivity contribution in [2.75, 3.05) is 36.4 Å². The molecule has 2 heterocycles. The second kappa shape index (κ2) is 7.03. The molecule has 0 spiro atoms. The first-order valence-electron chi connectivity index (χ1n) is 9.33. The number of anilines is 2. The molecule has 0 radical (unpaired) electrons. The molecule has 1 aliphatic heterocycles. The van der Waals surface area contributed by atoms with Crippen molar-refractivity contribution in [2.45, 2.75) is 24.9 Å². The van der Waals surface area contributed by atoms with Gasteiger partial charge in [0.15, 0.2) is 0 Å². The molecule has 0 atom stereocenters. The fourth-order valence-corrected chi connectivity index (χ4v) is 3.47. The summed E-state index contributed by atoms with van der Waals surface area (Å²) in [4.78, 5) is 16.2. The largest absolute Gasteiger partial charge is 0.416 e. The van der Waals surface area contributed by atoms with Gasteiger partial charge in [-0.25, -0.2) is 4.79 Å². The summed E-state index contributed by atoms with van der Waals surface area (Å²) in [6, 6.07) is 6.41. The number of urea groups is 1. The van der Waals surface area contributed by atoms with E-state index in [-0.39, 0.29) is 11.7 Å². The molecular formula is C19H22F3N5O. The fraction of sp³-hybridized carbons (Fsp3) is 0.474. The molecule has 28 heavy (non-hydrogen) atoms. The number of carbonyl (C=O) groups is 1. The second-order valence-electron chi connectivity index (χ2n) is 7.31. The van der Waals surface area contributed by atoms with Crippen molar-refractivity contribution in [1.29, 1.82) is 0 Å². The van der Waals surface area contributed by atoms with E-state index in [1.54, 1.807) is 4.90 Å². The minimum absolute atomic E-state index is 0.142. The summed E-state index contributed by atoms with van der Waals surface area (Å²) in [6.45, 7) is 2.29. The molecule has 1 saturated heterocycles. The minimum Gasteiger partial charge on any atom is -0.353 e. The Morgan fingerprint density at radius 3 is 2.50 bits per heavy atom. The van der Waals surface area contributed by atoms with E-state index in [0.29, 0.717) is 32.1 Å². The number of halogens is 3. The Kier molecular flexibility index (Phi) is 4.68. The molecule has 1 aromatic carbocycles. The SMILES string of the molecule is Cn1nc(C2CC2)cc1N1CCN(C(=O)Nc2cccc(C(F)(F)F)c2)CC1. The number of alkyl halides is 3. The first-order chi connectivity index (χ1) is 13.3. The summed E-state index contributed by atoms with van der Waals surface area (Å²) in [5.74, 6) is 1.62. The van der Waals surface area contributed by atoms with Gasteiger partial charge in [-0.2, -0.15) is 18.3 Å². The van der Waals surface area contributed by atoms with Crippen LogP contribution in [0.2, 0.25) is 0 Å². The molecule has 0 unspecified atom stereocenters. The van der Waals surface area contributed by atoms with Crippen LogP contribution in [0, 0.1) is 0 Å².